The van der Waals surface area contributed by atoms with Crippen molar-refractivity contribution >= 4 is 41.1 Å². The fraction of sp³-hybridized carbons (Fsp3) is 0.385. The zero-order valence-corrected chi connectivity index (χ0v) is 13.8. The zero-order chi connectivity index (χ0) is 16.9. The number of aryl methyl sites for hydroxylation is 1. The minimum absolute atomic E-state index is 0.000109. The second-order valence-electron chi connectivity index (χ2n) is 5.29. The Labute approximate surface area is 140 Å². The second-order valence-corrected chi connectivity index (χ2v) is 6.81. The molecule has 2 N–H and O–H groups in total. The Morgan fingerprint density at radius 2 is 2.22 bits per heavy atom. The van der Waals surface area contributed by atoms with E-state index in [1.807, 2.05) is 0 Å². The number of amides is 2. The van der Waals surface area contributed by atoms with Crippen LogP contribution in [0.15, 0.2) is 17.5 Å². The van der Waals surface area contributed by atoms with Gasteiger partial charge in [0.1, 0.15) is 17.1 Å². The highest BCUT2D eigenvalue weighted by Crippen LogP contribution is 2.40. The van der Waals surface area contributed by atoms with Gasteiger partial charge in [-0.1, -0.05) is 11.6 Å². The van der Waals surface area contributed by atoms with Gasteiger partial charge in [-0.3, -0.25) is 19.2 Å². The van der Waals surface area contributed by atoms with Crippen molar-refractivity contribution in [2.24, 2.45) is 7.05 Å². The first-order valence-electron chi connectivity index (χ1n) is 6.69. The predicted molar refractivity (Wildman–Crippen MR) is 82.9 cm³/mol. The highest BCUT2D eigenvalue weighted by Gasteiger charge is 2.53. The summed E-state index contributed by atoms with van der Waals surface area (Å²) in [6.45, 7) is 1.68. The number of β-lactam (4-membered cyclic amide) rings is 1. The van der Waals surface area contributed by atoms with Gasteiger partial charge < -0.3 is 10.4 Å². The summed E-state index contributed by atoms with van der Waals surface area (Å²) in [6.07, 6.45) is 1.48. The Balaban J connectivity index is 1.78. The van der Waals surface area contributed by atoms with E-state index in [9.17, 15) is 19.5 Å². The van der Waals surface area contributed by atoms with Crippen LogP contribution in [0.4, 0.5) is 0 Å². The molecule has 2 amide bonds. The van der Waals surface area contributed by atoms with E-state index in [1.54, 1.807) is 14.0 Å². The molecule has 8 nitrogen and oxygen atoms in total. The molecule has 2 aliphatic heterocycles. The lowest BCUT2D eigenvalue weighted by Gasteiger charge is -2.49. The smallest absolute Gasteiger partial charge is 0.352 e. The first kappa shape index (κ1) is 15.9. The molecule has 0 unspecified atom stereocenters. The fourth-order valence-electron chi connectivity index (χ4n) is 2.60. The Morgan fingerprint density at radius 3 is 2.78 bits per heavy atom. The molecule has 0 aliphatic carbocycles. The van der Waals surface area contributed by atoms with Gasteiger partial charge in [0.2, 0.25) is 0 Å². The van der Waals surface area contributed by atoms with E-state index >= 15 is 0 Å². The Bertz CT molecular complexity index is 759. The molecule has 1 fully saturated rings. The summed E-state index contributed by atoms with van der Waals surface area (Å²) in [6, 6.07) is -0.784. The molecule has 0 radical (unpaired) electrons. The molecule has 2 atom stereocenters. The maximum absolute atomic E-state index is 12.3. The van der Waals surface area contributed by atoms with E-state index in [0.717, 1.165) is 0 Å². The monoisotopic (exact) mass is 356 g/mol. The molecule has 2 aliphatic rings. The number of nitrogens with zero attached hydrogens (tertiary/aromatic N) is 3. The zero-order valence-electron chi connectivity index (χ0n) is 12.2. The van der Waals surface area contributed by atoms with E-state index < -0.39 is 29.2 Å². The van der Waals surface area contributed by atoms with Gasteiger partial charge in [-0.2, -0.15) is 5.10 Å². The molecule has 3 heterocycles. The number of hydrogen-bond acceptors (Lipinski definition) is 5. The third-order valence-corrected chi connectivity index (χ3v) is 5.35. The number of thioether (sulfide) groups is 1. The summed E-state index contributed by atoms with van der Waals surface area (Å²) in [4.78, 5) is 37.0. The van der Waals surface area contributed by atoms with Crippen LogP contribution in [-0.2, 0) is 16.6 Å². The van der Waals surface area contributed by atoms with Crippen LogP contribution in [0.25, 0.3) is 0 Å². The van der Waals surface area contributed by atoms with Crippen LogP contribution in [0.3, 0.4) is 0 Å². The maximum Gasteiger partial charge on any atom is 0.352 e. The number of aromatic nitrogens is 2. The Morgan fingerprint density at radius 1 is 1.52 bits per heavy atom. The van der Waals surface area contributed by atoms with Crippen LogP contribution < -0.4 is 5.32 Å². The van der Waals surface area contributed by atoms with Crippen molar-refractivity contribution in [3.63, 3.8) is 0 Å². The van der Waals surface area contributed by atoms with Gasteiger partial charge in [0.15, 0.2) is 5.69 Å². The molecule has 23 heavy (non-hydrogen) atoms. The summed E-state index contributed by atoms with van der Waals surface area (Å²) < 4.78 is 1.40. The molecule has 1 aromatic heterocycles. The minimum Gasteiger partial charge on any atom is -0.477 e. The number of hydrogen-bond donors (Lipinski definition) is 2. The standard InChI is InChI=1S/C13H13ClN4O4S/c1-5-4-23-12-8(11(20)18(12)9(5)13(21)22)15-10(19)7-6(14)3-17(2)16-7/h3,8,12H,4H2,1-2H3,(H,15,19)(H,21,22)/t8-,12-/m0/s1. The number of fused-ring (bicyclic) bond motifs is 1. The number of rotatable bonds is 3. The summed E-state index contributed by atoms with van der Waals surface area (Å²) >= 11 is 7.32. The number of carboxylic acid groups (broad SMARTS) is 1. The highest BCUT2D eigenvalue weighted by molar-refractivity contribution is 8.00. The van der Waals surface area contributed by atoms with Crippen molar-refractivity contribution < 1.29 is 19.5 Å². The molecule has 0 aromatic carbocycles. The van der Waals surface area contributed by atoms with Crippen LogP contribution in [0, 0.1) is 0 Å². The summed E-state index contributed by atoms with van der Waals surface area (Å²) in [5, 5.41) is 15.5. The van der Waals surface area contributed by atoms with Crippen LogP contribution >= 0.6 is 23.4 Å². The van der Waals surface area contributed by atoms with Gasteiger partial charge >= 0.3 is 5.97 Å². The highest BCUT2D eigenvalue weighted by atomic mass is 35.5. The first-order chi connectivity index (χ1) is 10.8. The quantitative estimate of drug-likeness (QED) is 0.762. The SMILES string of the molecule is CC1=C(C(=O)O)N2C(=O)[C@H](NC(=O)c3nn(C)cc3Cl)[C@@H]2SC1. The average Bonchev–Trinajstić information content (AvgIpc) is 2.82. The van der Waals surface area contributed by atoms with Gasteiger partial charge in [-0.15, -0.1) is 11.8 Å². The van der Waals surface area contributed by atoms with Gasteiger partial charge in [-0.05, 0) is 12.5 Å². The van der Waals surface area contributed by atoms with E-state index in [4.69, 9.17) is 11.6 Å². The number of nitrogens with one attached hydrogen (secondary N) is 1. The molecule has 1 saturated heterocycles. The largest absolute Gasteiger partial charge is 0.477 e. The third kappa shape index (κ3) is 2.49. The van der Waals surface area contributed by atoms with Gasteiger partial charge in [-0.25, -0.2) is 4.79 Å². The summed E-state index contributed by atoms with van der Waals surface area (Å²) in [7, 11) is 1.63. The van der Waals surface area contributed by atoms with Crippen molar-refractivity contribution in [3.8, 4) is 0 Å². The Hall–Kier alpha value is -2.00. The maximum atomic E-state index is 12.3. The molecule has 10 heteroatoms. The average molecular weight is 357 g/mol. The minimum atomic E-state index is -1.14. The van der Waals surface area contributed by atoms with Crippen LogP contribution in [-0.4, -0.2) is 54.7 Å². The van der Waals surface area contributed by atoms with Crippen molar-refractivity contribution in [2.45, 2.75) is 18.3 Å². The number of halogens is 1. The van der Waals surface area contributed by atoms with E-state index in [1.165, 1.54) is 27.5 Å². The van der Waals surface area contributed by atoms with E-state index in [2.05, 4.69) is 10.4 Å². The molecule has 122 valence electrons. The topological polar surface area (TPSA) is 105 Å². The van der Waals surface area contributed by atoms with Gasteiger partial charge in [0.25, 0.3) is 11.8 Å². The van der Waals surface area contributed by atoms with Gasteiger partial charge in [0.05, 0.1) is 5.02 Å². The number of carboxylic acids is 1. The van der Waals surface area contributed by atoms with Crippen molar-refractivity contribution in [2.75, 3.05) is 5.75 Å². The molecular weight excluding hydrogens is 344 g/mol. The molecular formula is C13H13ClN4O4S. The van der Waals surface area contributed by atoms with Crippen LogP contribution in [0.5, 0.6) is 0 Å². The summed E-state index contributed by atoms with van der Waals surface area (Å²) in [5.41, 5.74) is 0.663. The normalized spacial score (nSPS) is 23.4. The van der Waals surface area contributed by atoms with Crippen molar-refractivity contribution in [1.82, 2.24) is 20.0 Å². The molecule has 0 saturated carbocycles. The Kier molecular flexibility index (Phi) is 3.85. The van der Waals surface area contributed by atoms with Crippen molar-refractivity contribution in [3.05, 3.63) is 28.2 Å². The lowest BCUT2D eigenvalue weighted by molar-refractivity contribution is -0.148. The summed E-state index contributed by atoms with van der Waals surface area (Å²) in [5.74, 6) is -1.65. The number of carbonyl (C=O) groups is 3. The fourth-order valence-corrected chi connectivity index (χ4v) is 4.16. The van der Waals surface area contributed by atoms with Crippen LogP contribution in [0.1, 0.15) is 17.4 Å². The van der Waals surface area contributed by atoms with E-state index in [0.29, 0.717) is 11.3 Å². The lowest BCUT2D eigenvalue weighted by Crippen LogP contribution is -2.70. The van der Waals surface area contributed by atoms with Gasteiger partial charge in [0, 0.05) is 19.0 Å². The van der Waals surface area contributed by atoms with Crippen molar-refractivity contribution in [1.29, 1.82) is 0 Å². The number of aliphatic carboxylic acids is 1. The third-order valence-electron chi connectivity index (χ3n) is 3.65. The number of carbonyl (C=O) groups excluding carboxylic acids is 2. The lowest BCUT2D eigenvalue weighted by atomic mass is 10.0. The molecule has 0 spiro atoms. The van der Waals surface area contributed by atoms with Crippen LogP contribution in [0.2, 0.25) is 5.02 Å². The molecule has 3 rings (SSSR count). The first-order valence-corrected chi connectivity index (χ1v) is 8.11. The molecule has 1 aromatic rings. The molecule has 0 bridgehead atoms. The second kappa shape index (κ2) is 5.57. The predicted octanol–water partition coefficient (Wildman–Crippen LogP) is 0.446. The van der Waals surface area contributed by atoms with E-state index in [-0.39, 0.29) is 16.4 Å².